The molecule has 2 N–H and O–H groups in total. The van der Waals surface area contributed by atoms with Gasteiger partial charge in [0, 0.05) is 18.0 Å². The third-order valence-corrected chi connectivity index (χ3v) is 5.85. The smallest absolute Gasteiger partial charge is 0.138 e. The Balaban J connectivity index is 1.63. The predicted molar refractivity (Wildman–Crippen MR) is 73.7 cm³/mol. The van der Waals surface area contributed by atoms with Crippen molar-refractivity contribution in [1.82, 2.24) is 14.8 Å². The Kier molecular flexibility index (Phi) is 2.87. The quantitative estimate of drug-likeness (QED) is 0.889. The van der Waals surface area contributed by atoms with Crippen LogP contribution in [0.3, 0.4) is 0 Å². The van der Waals surface area contributed by atoms with Crippen LogP contribution in [0.2, 0.25) is 0 Å². The second-order valence-electron chi connectivity index (χ2n) is 6.82. The van der Waals surface area contributed by atoms with Crippen molar-refractivity contribution in [2.75, 3.05) is 0 Å². The highest BCUT2D eigenvalue weighted by molar-refractivity contribution is 5.14. The largest absolute Gasteiger partial charge is 0.327 e. The van der Waals surface area contributed by atoms with Gasteiger partial charge in [-0.15, -0.1) is 10.2 Å². The van der Waals surface area contributed by atoms with Crippen LogP contribution in [-0.4, -0.2) is 20.8 Å². The van der Waals surface area contributed by atoms with Crippen molar-refractivity contribution in [3.05, 3.63) is 12.2 Å². The molecule has 19 heavy (non-hydrogen) atoms. The number of nitrogens with two attached hydrogens (primary N) is 1. The summed E-state index contributed by atoms with van der Waals surface area (Å²) in [6, 6.07) is 0.954. The Bertz CT molecular complexity index is 447. The van der Waals surface area contributed by atoms with Crippen LogP contribution >= 0.6 is 0 Å². The lowest BCUT2D eigenvalue weighted by Gasteiger charge is -2.30. The number of nitrogens with zero attached hydrogens (tertiary/aromatic N) is 3. The lowest BCUT2D eigenvalue weighted by Crippen LogP contribution is -2.36. The first-order valence-corrected chi connectivity index (χ1v) is 7.99. The van der Waals surface area contributed by atoms with Crippen molar-refractivity contribution in [2.45, 2.75) is 69.4 Å². The van der Waals surface area contributed by atoms with Gasteiger partial charge in [-0.3, -0.25) is 0 Å². The van der Waals surface area contributed by atoms with E-state index in [1.807, 2.05) is 6.33 Å². The van der Waals surface area contributed by atoms with E-state index in [1.165, 1.54) is 57.2 Å². The Morgan fingerprint density at radius 3 is 2.58 bits per heavy atom. The van der Waals surface area contributed by atoms with Crippen molar-refractivity contribution in [3.63, 3.8) is 0 Å². The average Bonchev–Trinajstić information content (AvgIpc) is 3.14. The van der Waals surface area contributed by atoms with Crippen LogP contribution in [0.25, 0.3) is 0 Å². The molecule has 3 aliphatic rings. The molecule has 1 aromatic heterocycles. The van der Waals surface area contributed by atoms with Crippen LogP contribution in [0.5, 0.6) is 0 Å². The number of aromatic nitrogens is 3. The lowest BCUT2D eigenvalue weighted by atomic mass is 9.84. The minimum atomic E-state index is 0.324. The van der Waals surface area contributed by atoms with E-state index in [9.17, 15) is 0 Å². The lowest BCUT2D eigenvalue weighted by molar-refractivity contribution is 0.306. The van der Waals surface area contributed by atoms with Crippen LogP contribution in [0.1, 0.15) is 69.2 Å². The van der Waals surface area contributed by atoms with Crippen molar-refractivity contribution in [1.29, 1.82) is 0 Å². The van der Waals surface area contributed by atoms with E-state index in [1.54, 1.807) is 0 Å². The third-order valence-electron chi connectivity index (χ3n) is 5.85. The molecular weight excluding hydrogens is 236 g/mol. The molecule has 0 saturated heterocycles. The zero-order valence-electron chi connectivity index (χ0n) is 11.5. The molecule has 3 fully saturated rings. The van der Waals surface area contributed by atoms with Gasteiger partial charge in [-0.1, -0.05) is 19.3 Å². The SMILES string of the molecule is NC1C2CCC(C2)C1c1nncn1C1CCCCC1. The number of fused-ring (bicyclic) bond motifs is 2. The molecule has 2 bridgehead atoms. The molecule has 3 saturated carbocycles. The molecule has 0 spiro atoms. The molecule has 104 valence electrons. The van der Waals surface area contributed by atoms with Crippen molar-refractivity contribution in [3.8, 4) is 0 Å². The van der Waals surface area contributed by atoms with Gasteiger partial charge < -0.3 is 10.3 Å². The molecule has 4 rings (SSSR count). The topological polar surface area (TPSA) is 56.7 Å². The summed E-state index contributed by atoms with van der Waals surface area (Å²) < 4.78 is 2.38. The minimum Gasteiger partial charge on any atom is -0.327 e. The van der Waals surface area contributed by atoms with Gasteiger partial charge in [0.2, 0.25) is 0 Å². The van der Waals surface area contributed by atoms with Crippen molar-refractivity contribution < 1.29 is 0 Å². The summed E-state index contributed by atoms with van der Waals surface area (Å²) in [6.45, 7) is 0. The Hall–Kier alpha value is -0.900. The fourth-order valence-corrected chi connectivity index (χ4v) is 4.85. The maximum absolute atomic E-state index is 6.47. The number of hydrogen-bond donors (Lipinski definition) is 1. The normalized spacial score (nSPS) is 39.0. The van der Waals surface area contributed by atoms with E-state index in [0.29, 0.717) is 18.0 Å². The van der Waals surface area contributed by atoms with Crippen molar-refractivity contribution in [2.24, 2.45) is 17.6 Å². The van der Waals surface area contributed by atoms with Crippen LogP contribution in [0.4, 0.5) is 0 Å². The van der Waals surface area contributed by atoms with Gasteiger partial charge in [0.1, 0.15) is 12.2 Å². The fourth-order valence-electron chi connectivity index (χ4n) is 4.85. The zero-order chi connectivity index (χ0) is 12.8. The molecule has 1 heterocycles. The average molecular weight is 260 g/mol. The highest BCUT2D eigenvalue weighted by Crippen LogP contribution is 2.52. The zero-order valence-corrected chi connectivity index (χ0v) is 11.5. The standard InChI is InChI=1S/C15H24N4/c16-14-11-7-6-10(8-11)13(14)15-18-17-9-19(15)12-4-2-1-3-5-12/h9-14H,1-8,16H2. The summed E-state index contributed by atoms with van der Waals surface area (Å²) in [5.74, 6) is 3.19. The molecule has 0 amide bonds. The van der Waals surface area contributed by atoms with Crippen LogP contribution in [0, 0.1) is 11.8 Å². The Labute approximate surface area is 114 Å². The summed E-state index contributed by atoms with van der Waals surface area (Å²) in [6.07, 6.45) is 12.6. The van der Waals surface area contributed by atoms with Crippen LogP contribution in [-0.2, 0) is 0 Å². The van der Waals surface area contributed by atoms with Gasteiger partial charge in [-0.25, -0.2) is 0 Å². The van der Waals surface area contributed by atoms with E-state index >= 15 is 0 Å². The molecule has 4 heteroatoms. The monoisotopic (exact) mass is 260 g/mol. The molecule has 4 atom stereocenters. The third kappa shape index (κ3) is 1.83. The van der Waals surface area contributed by atoms with E-state index in [2.05, 4.69) is 14.8 Å². The Morgan fingerprint density at radius 2 is 1.84 bits per heavy atom. The molecule has 3 aliphatic carbocycles. The maximum atomic E-state index is 6.47. The summed E-state index contributed by atoms with van der Waals surface area (Å²) in [4.78, 5) is 0. The summed E-state index contributed by atoms with van der Waals surface area (Å²) in [5, 5.41) is 8.69. The number of hydrogen-bond acceptors (Lipinski definition) is 3. The fraction of sp³-hybridized carbons (Fsp3) is 0.867. The summed E-state index contributed by atoms with van der Waals surface area (Å²) >= 11 is 0. The first kappa shape index (κ1) is 11.9. The van der Waals surface area contributed by atoms with E-state index in [4.69, 9.17) is 5.73 Å². The molecule has 0 aromatic carbocycles. The summed E-state index contributed by atoms with van der Waals surface area (Å²) in [7, 11) is 0. The van der Waals surface area contributed by atoms with Gasteiger partial charge in [0.25, 0.3) is 0 Å². The molecule has 0 aliphatic heterocycles. The van der Waals surface area contributed by atoms with Gasteiger partial charge in [-0.2, -0.15) is 0 Å². The molecule has 0 radical (unpaired) electrons. The number of rotatable bonds is 2. The first-order chi connectivity index (χ1) is 9.34. The Morgan fingerprint density at radius 1 is 1.05 bits per heavy atom. The predicted octanol–water partition coefficient (Wildman–Crippen LogP) is 2.62. The highest BCUT2D eigenvalue weighted by Gasteiger charge is 2.48. The van der Waals surface area contributed by atoms with Gasteiger partial charge in [-0.05, 0) is 43.9 Å². The summed E-state index contributed by atoms with van der Waals surface area (Å²) in [5.41, 5.74) is 6.47. The second-order valence-corrected chi connectivity index (χ2v) is 6.82. The second kappa shape index (κ2) is 4.58. The molecular formula is C15H24N4. The van der Waals surface area contributed by atoms with E-state index in [-0.39, 0.29) is 0 Å². The van der Waals surface area contributed by atoms with Crippen LogP contribution in [0.15, 0.2) is 6.33 Å². The van der Waals surface area contributed by atoms with Gasteiger partial charge >= 0.3 is 0 Å². The highest BCUT2D eigenvalue weighted by atomic mass is 15.3. The van der Waals surface area contributed by atoms with Gasteiger partial charge in [0.05, 0.1) is 0 Å². The van der Waals surface area contributed by atoms with E-state index < -0.39 is 0 Å². The van der Waals surface area contributed by atoms with E-state index in [0.717, 1.165) is 11.8 Å². The molecule has 4 nitrogen and oxygen atoms in total. The minimum absolute atomic E-state index is 0.324. The molecule has 1 aromatic rings. The maximum Gasteiger partial charge on any atom is 0.138 e. The van der Waals surface area contributed by atoms with Crippen LogP contribution < -0.4 is 5.73 Å². The molecule has 4 unspecified atom stereocenters. The van der Waals surface area contributed by atoms with Gasteiger partial charge in [0.15, 0.2) is 0 Å². The van der Waals surface area contributed by atoms with Crippen molar-refractivity contribution >= 4 is 0 Å². The first-order valence-electron chi connectivity index (χ1n) is 7.99.